The Labute approximate surface area is 168 Å². The maximum absolute atomic E-state index is 12.6. The molecule has 2 aromatic rings. The average Bonchev–Trinajstić information content (AvgIpc) is 2.63. The molecule has 0 bridgehead atoms. The molecule has 2 aromatic carbocycles. The number of ether oxygens (including phenoxy) is 1. The van der Waals surface area contributed by atoms with Crippen LogP contribution in [-0.2, 0) is 19.6 Å². The highest BCUT2D eigenvalue weighted by atomic mass is 123. The first-order valence-corrected chi connectivity index (χ1v) is 9.92. The van der Waals surface area contributed by atoms with E-state index in [1.807, 2.05) is 12.1 Å². The van der Waals surface area contributed by atoms with Gasteiger partial charge in [-0.05, 0) is 71.1 Å². The van der Waals surface area contributed by atoms with Crippen molar-refractivity contribution in [3.63, 3.8) is 0 Å². The molecule has 0 saturated carbocycles. The third-order valence-corrected chi connectivity index (χ3v) is 5.79. The summed E-state index contributed by atoms with van der Waals surface area (Å²) in [5.41, 5.74) is 1.27. The molecule has 27 heavy (non-hydrogen) atoms. The Hall–Kier alpha value is -2.22. The molecule has 3 N–H and O–H groups in total. The van der Waals surface area contributed by atoms with Crippen LogP contribution in [0.15, 0.2) is 53.4 Å². The quantitative estimate of drug-likeness (QED) is 0.284. The number of benzene rings is 2. The second-order valence-corrected chi connectivity index (χ2v) is 8.41. The van der Waals surface area contributed by atoms with Crippen LogP contribution < -0.4 is 10.2 Å². The van der Waals surface area contributed by atoms with E-state index in [1.54, 1.807) is 12.1 Å². The lowest BCUT2D eigenvalue weighted by Gasteiger charge is -2.19. The van der Waals surface area contributed by atoms with Gasteiger partial charge in [-0.1, -0.05) is 0 Å². The molecular weight excluding hydrogens is 487 g/mol. The van der Waals surface area contributed by atoms with Crippen LogP contribution in [0.2, 0.25) is 0 Å². The molecule has 0 heterocycles. The number of nitrogens with zero attached hydrogens (tertiary/aromatic N) is 1. The lowest BCUT2D eigenvalue weighted by molar-refractivity contribution is -0.137. The van der Waals surface area contributed by atoms with Crippen LogP contribution in [0.4, 0.5) is 0 Å². The van der Waals surface area contributed by atoms with Crippen molar-refractivity contribution in [1.29, 1.82) is 0 Å². The fourth-order valence-corrected chi connectivity index (χ4v) is 3.75. The molecule has 11 heteroatoms. The van der Waals surface area contributed by atoms with Crippen molar-refractivity contribution < 1.29 is 33.1 Å². The number of carboxylic acids is 1. The number of hydrogen-bond acceptors (Lipinski definition) is 6. The van der Waals surface area contributed by atoms with Gasteiger partial charge in [0.05, 0.1) is 11.4 Å². The molecule has 1 amide bonds. The van der Waals surface area contributed by atoms with Gasteiger partial charge in [0.2, 0.25) is 10.0 Å². The zero-order valence-corrected chi connectivity index (χ0v) is 16.7. The first-order chi connectivity index (χ1) is 12.7. The van der Waals surface area contributed by atoms with E-state index >= 15 is 0 Å². The Morgan fingerprint density at radius 1 is 1.00 bits per heavy atom. The number of sulfonamides is 1. The summed E-state index contributed by atoms with van der Waals surface area (Å²) in [5.74, 6) is -1.55. The van der Waals surface area contributed by atoms with Crippen molar-refractivity contribution in [2.45, 2.75) is 4.90 Å². The largest absolute Gasteiger partial charge is 0.480 e. The molecule has 0 fully saturated rings. The topological polar surface area (TPSA) is 133 Å². The summed E-state index contributed by atoms with van der Waals surface area (Å²) in [6.07, 6.45) is 0. The number of aliphatic carboxylic acids is 1. The Balaban J connectivity index is 2.22. The van der Waals surface area contributed by atoms with Crippen LogP contribution in [-0.4, -0.2) is 48.0 Å². The number of carbonyl (C=O) groups excluding carboxylic acids is 1. The summed E-state index contributed by atoms with van der Waals surface area (Å²) in [5, 5.41) is 17.4. The minimum Gasteiger partial charge on any atom is -0.480 e. The van der Waals surface area contributed by atoms with E-state index in [1.165, 1.54) is 29.7 Å². The first kappa shape index (κ1) is 21.1. The molecule has 9 nitrogen and oxygen atoms in total. The fourth-order valence-electron chi connectivity index (χ4n) is 2.04. The predicted octanol–water partition coefficient (Wildman–Crippen LogP) is 1.66. The number of rotatable bonds is 8. The van der Waals surface area contributed by atoms with E-state index in [2.05, 4.69) is 22.6 Å². The molecule has 0 atom stereocenters. The second-order valence-electron chi connectivity index (χ2n) is 5.23. The van der Waals surface area contributed by atoms with Gasteiger partial charge in [-0.15, -0.1) is 0 Å². The number of carboxylic acid groups (broad SMARTS) is 1. The molecule has 0 aliphatic rings. The molecule has 0 saturated heterocycles. The van der Waals surface area contributed by atoms with Crippen LogP contribution in [0.25, 0.3) is 0 Å². The summed E-state index contributed by atoms with van der Waals surface area (Å²) in [6, 6.07) is 12.5. The molecule has 0 unspecified atom stereocenters. The second kappa shape index (κ2) is 9.12. The molecule has 2 rings (SSSR count). The molecule has 0 aliphatic carbocycles. The maximum Gasteiger partial charge on any atom is 0.318 e. The predicted molar refractivity (Wildman–Crippen MR) is 102 cm³/mol. The van der Waals surface area contributed by atoms with E-state index < -0.39 is 35.0 Å². The van der Waals surface area contributed by atoms with Gasteiger partial charge < -0.3 is 9.84 Å². The van der Waals surface area contributed by atoms with Gasteiger partial charge in [-0.25, -0.2) is 13.9 Å². The number of nitrogens with one attached hydrogen (secondary N) is 1. The van der Waals surface area contributed by atoms with Crippen molar-refractivity contribution in [1.82, 2.24) is 9.79 Å². The van der Waals surface area contributed by atoms with E-state index in [0.717, 1.165) is 3.57 Å². The monoisotopic (exact) mass is 502 g/mol. The standard InChI is InChI=1S/C16H15IN2O7S/c17-11-1-3-12(4-2-11)26-13-5-7-14(8-6-13)27(24,25)19(10-16(21)22)9-15(20)18-23/h1-8,23H,9-10H2,(H,18,20)(H,21,22)/i17-4. The van der Waals surface area contributed by atoms with E-state index in [0.29, 0.717) is 15.8 Å². The van der Waals surface area contributed by atoms with Gasteiger partial charge in [-0.3, -0.25) is 14.8 Å². The van der Waals surface area contributed by atoms with Gasteiger partial charge >= 0.3 is 5.97 Å². The molecule has 0 aliphatic heterocycles. The summed E-state index contributed by atoms with van der Waals surface area (Å²) in [7, 11) is -4.27. The molecule has 0 aromatic heterocycles. The normalized spacial score (nSPS) is 11.2. The average molecular weight is 502 g/mol. The molecule has 0 radical (unpaired) electrons. The van der Waals surface area contributed by atoms with Gasteiger partial charge in [0.1, 0.15) is 18.0 Å². The van der Waals surface area contributed by atoms with Crippen molar-refractivity contribution in [3.8, 4) is 11.5 Å². The number of carbonyl (C=O) groups is 2. The number of hydroxylamine groups is 1. The summed E-state index contributed by atoms with van der Waals surface area (Å²) in [6.45, 7) is -1.78. The molecule has 0 spiro atoms. The van der Waals surface area contributed by atoms with Crippen LogP contribution in [0.5, 0.6) is 11.5 Å². The maximum atomic E-state index is 12.6. The number of amides is 1. The summed E-state index contributed by atoms with van der Waals surface area (Å²) in [4.78, 5) is 22.0. The van der Waals surface area contributed by atoms with Crippen molar-refractivity contribution >= 4 is 44.5 Å². The highest BCUT2D eigenvalue weighted by Crippen LogP contribution is 2.24. The van der Waals surface area contributed by atoms with Crippen LogP contribution >= 0.6 is 22.6 Å². The number of halogens is 1. The van der Waals surface area contributed by atoms with Gasteiger partial charge in [0.15, 0.2) is 0 Å². The SMILES string of the molecule is O=C(O)CN(CC(=O)NO)S(=O)(=O)c1ccc(Oc2ccc([123I])cc2)cc1. The Morgan fingerprint density at radius 2 is 1.52 bits per heavy atom. The van der Waals surface area contributed by atoms with Gasteiger partial charge in [0.25, 0.3) is 5.91 Å². The summed E-state index contributed by atoms with van der Waals surface area (Å²) < 4.78 is 32.3. The first-order valence-electron chi connectivity index (χ1n) is 7.41. The van der Waals surface area contributed by atoms with Crippen molar-refractivity contribution in [2.24, 2.45) is 0 Å². The Kier molecular flexibility index (Phi) is 7.12. The minimum atomic E-state index is -4.27. The fraction of sp³-hybridized carbons (Fsp3) is 0.125. The molecule has 144 valence electrons. The smallest absolute Gasteiger partial charge is 0.318 e. The van der Waals surface area contributed by atoms with Crippen LogP contribution in [0.1, 0.15) is 0 Å². The van der Waals surface area contributed by atoms with Crippen LogP contribution in [0.3, 0.4) is 0 Å². The van der Waals surface area contributed by atoms with Crippen LogP contribution in [0, 0.1) is 3.57 Å². The third-order valence-electron chi connectivity index (χ3n) is 3.27. The van der Waals surface area contributed by atoms with E-state index in [4.69, 9.17) is 15.1 Å². The van der Waals surface area contributed by atoms with E-state index in [9.17, 15) is 18.0 Å². The third kappa shape index (κ3) is 5.89. The zero-order chi connectivity index (χ0) is 20.0. The van der Waals surface area contributed by atoms with Crippen molar-refractivity contribution in [2.75, 3.05) is 13.1 Å². The van der Waals surface area contributed by atoms with Gasteiger partial charge in [0, 0.05) is 3.57 Å². The van der Waals surface area contributed by atoms with E-state index in [-0.39, 0.29) is 4.90 Å². The lowest BCUT2D eigenvalue weighted by atomic mass is 10.3. The lowest BCUT2D eigenvalue weighted by Crippen LogP contribution is -2.42. The van der Waals surface area contributed by atoms with Gasteiger partial charge in [-0.2, -0.15) is 4.31 Å². The Bertz CT molecular complexity index is 915. The highest BCUT2D eigenvalue weighted by molar-refractivity contribution is 14.1. The summed E-state index contributed by atoms with van der Waals surface area (Å²) >= 11 is 2.15. The number of hydrogen-bond donors (Lipinski definition) is 3. The Morgan fingerprint density at radius 3 is 2.00 bits per heavy atom. The zero-order valence-electron chi connectivity index (χ0n) is 13.7. The highest BCUT2D eigenvalue weighted by Gasteiger charge is 2.28. The molecular formula is C16H15IN2O7S. The minimum absolute atomic E-state index is 0.218. The van der Waals surface area contributed by atoms with Crippen molar-refractivity contribution in [3.05, 3.63) is 52.1 Å².